The highest BCUT2D eigenvalue weighted by molar-refractivity contribution is 5.74. The van der Waals surface area contributed by atoms with Crippen LogP contribution in [0.2, 0.25) is 0 Å². The number of carbonyl (C=O) groups is 2. The lowest BCUT2D eigenvalue weighted by Gasteiger charge is -2.46. The van der Waals surface area contributed by atoms with Crippen LogP contribution in [0.3, 0.4) is 0 Å². The highest BCUT2D eigenvalue weighted by atomic mass is 16.7. The van der Waals surface area contributed by atoms with E-state index in [1.165, 1.54) is 7.11 Å². The molecule has 0 unspecified atom stereocenters. The molecule has 68 heavy (non-hydrogen) atoms. The van der Waals surface area contributed by atoms with E-state index < -0.39 is 147 Å². The minimum absolute atomic E-state index is 0.0173. The Bertz CT molecular complexity index is 1720. The molecule has 0 amide bonds. The molecule has 3 heterocycles. The Morgan fingerprint density at radius 2 is 1.31 bits per heavy atom. The smallest absolute Gasteiger partial charge is 0.314 e. The predicted octanol–water partition coefficient (Wildman–Crippen LogP) is 1.84. The maximum Gasteiger partial charge on any atom is 0.314 e. The molecule has 3 aliphatic heterocycles. The molecule has 2 fully saturated rings. The third kappa shape index (κ3) is 19.4. The molecule has 0 spiro atoms. The number of carbonyl (C=O) groups excluding carboxylic acids is 2. The third-order valence-electron chi connectivity index (χ3n) is 12.5. The van der Waals surface area contributed by atoms with Crippen molar-refractivity contribution in [3.8, 4) is 0 Å². The number of esters is 2. The van der Waals surface area contributed by atoms with E-state index in [0.29, 0.717) is 0 Å². The average molecular weight is 966 g/mol. The zero-order valence-corrected chi connectivity index (χ0v) is 40.2. The van der Waals surface area contributed by atoms with Gasteiger partial charge in [0.1, 0.15) is 18.1 Å². The molecule has 11 N–H and O–H groups in total. The van der Waals surface area contributed by atoms with Crippen molar-refractivity contribution >= 4 is 11.9 Å². The van der Waals surface area contributed by atoms with E-state index in [-0.39, 0.29) is 38.2 Å². The average Bonchev–Trinajstić information content (AvgIpc) is 3.26. The van der Waals surface area contributed by atoms with Crippen LogP contribution < -0.4 is 5.73 Å². The number of cyclic esters (lactones) is 1. The van der Waals surface area contributed by atoms with Gasteiger partial charge in [0.15, 0.2) is 12.1 Å². The third-order valence-corrected chi connectivity index (χ3v) is 12.5. The molecule has 0 aromatic rings. The lowest BCUT2D eigenvalue weighted by molar-refractivity contribution is -0.309. The van der Waals surface area contributed by atoms with Gasteiger partial charge in [-0.05, 0) is 40.0 Å². The van der Waals surface area contributed by atoms with Crippen LogP contribution in [-0.2, 0) is 38.0 Å². The van der Waals surface area contributed by atoms with E-state index in [0.717, 1.165) is 0 Å². The topological polar surface area (TPSA) is 298 Å². The van der Waals surface area contributed by atoms with Crippen molar-refractivity contribution in [1.82, 2.24) is 0 Å². The van der Waals surface area contributed by atoms with Gasteiger partial charge in [0.2, 0.25) is 0 Å². The number of ether oxygens (including phenoxy) is 6. The van der Waals surface area contributed by atoms with E-state index in [4.69, 9.17) is 34.2 Å². The summed E-state index contributed by atoms with van der Waals surface area (Å²) in [6.07, 6.45) is 6.23. The standard InChI is InChI=1S/C50H79NO17/c1-7-64-48(61)43-40(57)29-50(62)28-36(54)25-39(56)38(55)23-22-34(52)24-35(53)26-42(58)65-32(4)31(3)45(59)30(2)20-18-16-14-12-10-8-9-11-13-15-17-19-21-37(27-41(43)68-50)67-49-47(63-6)44(51)46(60)33(5)66-49/h8-21,30-41,43-47,49,52-57,59-60,62H,7,22-29,51H2,1-6H3/t30-,31-,32-,33+,34+,35+,36-,37-,38+,39+,40-,41-,43+,44-,45+,46+,47+,49-,50+/m0/s1. The minimum Gasteiger partial charge on any atom is -0.466 e. The number of aliphatic hydroxyl groups is 9. The largest absolute Gasteiger partial charge is 0.466 e. The van der Waals surface area contributed by atoms with Crippen LogP contribution in [0.1, 0.15) is 86.0 Å². The Balaban J connectivity index is 1.91. The van der Waals surface area contributed by atoms with Crippen molar-refractivity contribution in [2.75, 3.05) is 13.7 Å². The lowest BCUT2D eigenvalue weighted by Crippen LogP contribution is -2.62. The zero-order chi connectivity index (χ0) is 50.6. The van der Waals surface area contributed by atoms with Crippen molar-refractivity contribution in [3.05, 3.63) is 85.1 Å². The van der Waals surface area contributed by atoms with E-state index in [1.807, 2.05) is 49.5 Å². The molecule has 0 radical (unpaired) electrons. The molecule has 2 saturated heterocycles. The van der Waals surface area contributed by atoms with Crippen LogP contribution >= 0.6 is 0 Å². The quantitative estimate of drug-likeness (QED) is 0.176. The maximum atomic E-state index is 13.4. The number of fused-ring (bicyclic) bond motifs is 2. The van der Waals surface area contributed by atoms with Gasteiger partial charge >= 0.3 is 11.9 Å². The first-order valence-electron chi connectivity index (χ1n) is 23.7. The number of hydrogen-bond donors (Lipinski definition) is 10. The van der Waals surface area contributed by atoms with Crippen molar-refractivity contribution < 1.29 is 84.0 Å². The molecule has 0 aromatic carbocycles. The Labute approximate surface area is 400 Å². The molecule has 3 rings (SSSR count). The number of methoxy groups -OCH3 is 1. The fourth-order valence-corrected chi connectivity index (χ4v) is 8.45. The first-order valence-corrected chi connectivity index (χ1v) is 23.7. The molecular weight excluding hydrogens is 887 g/mol. The van der Waals surface area contributed by atoms with Gasteiger partial charge in [-0.2, -0.15) is 0 Å². The van der Waals surface area contributed by atoms with Crippen LogP contribution in [0.5, 0.6) is 0 Å². The number of allylic oxidation sites excluding steroid dienone is 12. The second-order valence-corrected chi connectivity index (χ2v) is 18.2. The Morgan fingerprint density at radius 3 is 1.90 bits per heavy atom. The van der Waals surface area contributed by atoms with Crippen LogP contribution in [0.15, 0.2) is 85.1 Å². The molecule has 386 valence electrons. The van der Waals surface area contributed by atoms with Crippen LogP contribution in [0.25, 0.3) is 0 Å². The van der Waals surface area contributed by atoms with Crippen molar-refractivity contribution in [1.29, 1.82) is 0 Å². The highest BCUT2D eigenvalue weighted by Crippen LogP contribution is 2.39. The fourth-order valence-electron chi connectivity index (χ4n) is 8.45. The first kappa shape index (κ1) is 58.9. The summed E-state index contributed by atoms with van der Waals surface area (Å²) in [5, 5.41) is 98.5. The molecule has 0 aromatic heterocycles. The highest BCUT2D eigenvalue weighted by Gasteiger charge is 2.51. The van der Waals surface area contributed by atoms with Crippen molar-refractivity contribution in [2.24, 2.45) is 23.5 Å². The molecule has 2 bridgehead atoms. The summed E-state index contributed by atoms with van der Waals surface area (Å²) >= 11 is 0. The molecular formula is C50H79NO17. The molecule has 18 heteroatoms. The summed E-state index contributed by atoms with van der Waals surface area (Å²) in [6, 6.07) is -0.893. The van der Waals surface area contributed by atoms with Crippen molar-refractivity contribution in [3.63, 3.8) is 0 Å². The minimum atomic E-state index is -2.25. The second-order valence-electron chi connectivity index (χ2n) is 18.2. The summed E-state index contributed by atoms with van der Waals surface area (Å²) in [6.45, 7) is 8.45. The molecule has 18 nitrogen and oxygen atoms in total. The van der Waals surface area contributed by atoms with E-state index >= 15 is 0 Å². The number of rotatable bonds is 5. The summed E-state index contributed by atoms with van der Waals surface area (Å²) in [5.41, 5.74) is 6.30. The van der Waals surface area contributed by atoms with Gasteiger partial charge in [-0.25, -0.2) is 0 Å². The monoisotopic (exact) mass is 966 g/mol. The van der Waals surface area contributed by atoms with Gasteiger partial charge in [0.25, 0.3) is 0 Å². The van der Waals surface area contributed by atoms with Gasteiger partial charge in [0, 0.05) is 44.6 Å². The van der Waals surface area contributed by atoms with Crippen LogP contribution in [0, 0.1) is 17.8 Å². The Hall–Kier alpha value is -3.44. The SMILES string of the molecule is CCOC(=O)[C@H]1[C@@H]2C[C@@H](O[C@@H]3O[C@H](C)[C@@H](O)[C@H](N)[C@H]3OC)C=CC=CC=CC=CC=CC=CC=C[C@H](C)[C@@H](O)[C@@H](C)[C@H](C)OC(=O)C[C@H](O)C[C@H](O)CC[C@@H](O)[C@H](O)C[C@H](O)C[C@](O)(C[C@@H]1O)O2. The second kappa shape index (κ2) is 29.7. The van der Waals surface area contributed by atoms with Gasteiger partial charge in [-0.3, -0.25) is 9.59 Å². The van der Waals surface area contributed by atoms with Gasteiger partial charge in [-0.1, -0.05) is 98.9 Å². The van der Waals surface area contributed by atoms with Crippen LogP contribution in [-0.4, -0.2) is 169 Å². The van der Waals surface area contributed by atoms with Crippen LogP contribution in [0.4, 0.5) is 0 Å². The maximum absolute atomic E-state index is 13.4. The van der Waals surface area contributed by atoms with Gasteiger partial charge in [-0.15, -0.1) is 0 Å². The summed E-state index contributed by atoms with van der Waals surface area (Å²) < 4.78 is 34.9. The number of aliphatic hydroxyl groups excluding tert-OH is 8. The molecule has 3 aliphatic rings. The predicted molar refractivity (Wildman–Crippen MR) is 251 cm³/mol. The number of hydrogen-bond acceptors (Lipinski definition) is 18. The fraction of sp³-hybridized carbons (Fsp3) is 0.680. The van der Waals surface area contributed by atoms with Crippen molar-refractivity contribution in [2.45, 2.75) is 183 Å². The van der Waals surface area contributed by atoms with E-state index in [2.05, 4.69) is 0 Å². The van der Waals surface area contributed by atoms with Gasteiger partial charge < -0.3 is 80.1 Å². The Kier molecular flexibility index (Phi) is 25.7. The van der Waals surface area contributed by atoms with Gasteiger partial charge in [0.05, 0.1) is 86.2 Å². The normalized spacial score (nSPS) is 40.7. The summed E-state index contributed by atoms with van der Waals surface area (Å²) in [7, 11) is 1.39. The van der Waals surface area contributed by atoms with E-state index in [1.54, 1.807) is 70.2 Å². The molecule has 19 atom stereocenters. The summed E-state index contributed by atoms with van der Waals surface area (Å²) in [4.78, 5) is 26.0. The zero-order valence-electron chi connectivity index (χ0n) is 40.2. The molecule has 0 saturated carbocycles. The lowest BCUT2D eigenvalue weighted by atomic mass is 9.82. The van der Waals surface area contributed by atoms with E-state index in [9.17, 15) is 55.5 Å². The number of nitrogens with two attached hydrogens (primary N) is 1. The summed E-state index contributed by atoms with van der Waals surface area (Å²) in [5.74, 6) is -5.80. The first-order chi connectivity index (χ1) is 32.2. The Morgan fingerprint density at radius 1 is 0.721 bits per heavy atom. The molecule has 0 aliphatic carbocycles.